The van der Waals surface area contributed by atoms with Crippen molar-refractivity contribution < 1.29 is 18.0 Å². The van der Waals surface area contributed by atoms with Crippen molar-refractivity contribution in [2.75, 3.05) is 0 Å². The average Bonchev–Trinajstić information content (AvgIpc) is 3.14. The van der Waals surface area contributed by atoms with Gasteiger partial charge in [-0.3, -0.25) is 14.8 Å². The van der Waals surface area contributed by atoms with Gasteiger partial charge in [-0.25, -0.2) is 0 Å². The summed E-state index contributed by atoms with van der Waals surface area (Å²) in [4.78, 5) is 20.6. The van der Waals surface area contributed by atoms with Gasteiger partial charge in [-0.2, -0.15) is 24.5 Å². The normalized spacial score (nSPS) is 11.3. The van der Waals surface area contributed by atoms with Gasteiger partial charge in [0.05, 0.1) is 29.9 Å². The highest BCUT2D eigenvalue weighted by Crippen LogP contribution is 2.29. The standard InChI is InChI=1S/C18H14F3N3OS/c19-18(20,21)14-3-1-2-12(8-14)9-16(25)24-10-15-17(23-6-5-22-15)13-4-7-26-11-13/h1-8,11H,9-10H2,(H,24,25). The molecule has 0 spiro atoms. The zero-order chi connectivity index (χ0) is 18.6. The summed E-state index contributed by atoms with van der Waals surface area (Å²) < 4.78 is 38.2. The van der Waals surface area contributed by atoms with Crippen LogP contribution in [-0.4, -0.2) is 15.9 Å². The molecule has 0 saturated heterocycles. The van der Waals surface area contributed by atoms with Crippen LogP contribution in [-0.2, 0) is 23.9 Å². The lowest BCUT2D eigenvalue weighted by molar-refractivity contribution is -0.137. The van der Waals surface area contributed by atoms with Crippen LogP contribution in [0.5, 0.6) is 0 Å². The van der Waals surface area contributed by atoms with Crippen molar-refractivity contribution in [1.82, 2.24) is 15.3 Å². The van der Waals surface area contributed by atoms with E-state index < -0.39 is 11.7 Å². The predicted molar refractivity (Wildman–Crippen MR) is 92.3 cm³/mol. The number of carbonyl (C=O) groups excluding carboxylic acids is 1. The third kappa shape index (κ3) is 4.45. The minimum Gasteiger partial charge on any atom is -0.350 e. The number of amides is 1. The molecule has 0 aliphatic heterocycles. The van der Waals surface area contributed by atoms with Crippen molar-refractivity contribution in [1.29, 1.82) is 0 Å². The summed E-state index contributed by atoms with van der Waals surface area (Å²) in [6, 6.07) is 6.66. The number of hydrogen-bond acceptors (Lipinski definition) is 4. The van der Waals surface area contributed by atoms with Gasteiger partial charge in [-0.1, -0.05) is 18.2 Å². The highest BCUT2D eigenvalue weighted by molar-refractivity contribution is 7.08. The second-order valence-electron chi connectivity index (χ2n) is 5.52. The first-order chi connectivity index (χ1) is 12.4. The lowest BCUT2D eigenvalue weighted by atomic mass is 10.1. The molecular formula is C18H14F3N3OS. The molecule has 0 bridgehead atoms. The fourth-order valence-electron chi connectivity index (χ4n) is 2.42. The van der Waals surface area contributed by atoms with Crippen LogP contribution in [0, 0.1) is 0 Å². The maximum Gasteiger partial charge on any atom is 0.416 e. The third-order valence-corrected chi connectivity index (χ3v) is 4.32. The summed E-state index contributed by atoms with van der Waals surface area (Å²) in [7, 11) is 0. The van der Waals surface area contributed by atoms with Gasteiger partial charge in [-0.15, -0.1) is 0 Å². The van der Waals surface area contributed by atoms with Crippen LogP contribution in [0.4, 0.5) is 13.2 Å². The van der Waals surface area contributed by atoms with Gasteiger partial charge in [-0.05, 0) is 23.1 Å². The minimum atomic E-state index is -4.43. The molecule has 1 aromatic carbocycles. The molecule has 3 rings (SSSR count). The van der Waals surface area contributed by atoms with E-state index in [0.29, 0.717) is 17.0 Å². The number of carbonyl (C=O) groups is 1. The van der Waals surface area contributed by atoms with Crippen LogP contribution in [0.15, 0.2) is 53.5 Å². The van der Waals surface area contributed by atoms with E-state index in [2.05, 4.69) is 15.3 Å². The Morgan fingerprint density at radius 3 is 2.69 bits per heavy atom. The number of benzene rings is 1. The van der Waals surface area contributed by atoms with Crippen LogP contribution < -0.4 is 5.32 Å². The van der Waals surface area contributed by atoms with E-state index in [-0.39, 0.29) is 18.9 Å². The Bertz CT molecular complexity index is 895. The molecule has 1 N–H and O–H groups in total. The number of alkyl halides is 3. The molecule has 8 heteroatoms. The van der Waals surface area contributed by atoms with Gasteiger partial charge < -0.3 is 5.32 Å². The van der Waals surface area contributed by atoms with E-state index in [9.17, 15) is 18.0 Å². The molecule has 2 aromatic heterocycles. The Kier molecular flexibility index (Phi) is 5.32. The molecule has 26 heavy (non-hydrogen) atoms. The highest BCUT2D eigenvalue weighted by atomic mass is 32.1. The van der Waals surface area contributed by atoms with Gasteiger partial charge in [0.15, 0.2) is 0 Å². The summed E-state index contributed by atoms with van der Waals surface area (Å²) in [5, 5.41) is 6.53. The third-order valence-electron chi connectivity index (χ3n) is 3.64. The van der Waals surface area contributed by atoms with Gasteiger partial charge in [0, 0.05) is 23.3 Å². The SMILES string of the molecule is O=C(Cc1cccc(C(F)(F)F)c1)NCc1nccnc1-c1ccsc1. The Labute approximate surface area is 151 Å². The van der Waals surface area contributed by atoms with Crippen LogP contribution in [0.1, 0.15) is 16.8 Å². The van der Waals surface area contributed by atoms with Crippen molar-refractivity contribution in [3.8, 4) is 11.3 Å². The quantitative estimate of drug-likeness (QED) is 0.729. The summed E-state index contributed by atoms with van der Waals surface area (Å²) >= 11 is 1.53. The summed E-state index contributed by atoms with van der Waals surface area (Å²) in [6.45, 7) is 0.150. The number of rotatable bonds is 5. The molecular weight excluding hydrogens is 363 g/mol. The Morgan fingerprint density at radius 1 is 1.15 bits per heavy atom. The number of thiophene rings is 1. The first-order valence-corrected chi connectivity index (χ1v) is 8.63. The van der Waals surface area contributed by atoms with E-state index in [4.69, 9.17) is 0 Å². The van der Waals surface area contributed by atoms with Crippen molar-refractivity contribution in [3.05, 3.63) is 70.3 Å². The number of nitrogens with zero attached hydrogens (tertiary/aromatic N) is 2. The largest absolute Gasteiger partial charge is 0.416 e. The smallest absolute Gasteiger partial charge is 0.350 e. The highest BCUT2D eigenvalue weighted by Gasteiger charge is 2.30. The van der Waals surface area contributed by atoms with E-state index in [1.807, 2.05) is 16.8 Å². The van der Waals surface area contributed by atoms with E-state index in [1.54, 1.807) is 6.20 Å². The van der Waals surface area contributed by atoms with Crippen molar-refractivity contribution in [3.63, 3.8) is 0 Å². The zero-order valence-electron chi connectivity index (χ0n) is 13.5. The number of halogens is 3. The summed E-state index contributed by atoms with van der Waals surface area (Å²) in [6.07, 6.45) is -1.47. The number of aromatic nitrogens is 2. The first-order valence-electron chi connectivity index (χ1n) is 7.69. The lowest BCUT2D eigenvalue weighted by Gasteiger charge is -2.10. The predicted octanol–water partition coefficient (Wildman–Crippen LogP) is 4.08. The van der Waals surface area contributed by atoms with Crippen LogP contribution in [0.3, 0.4) is 0 Å². The van der Waals surface area contributed by atoms with E-state index in [1.165, 1.54) is 29.7 Å². The molecule has 0 aliphatic carbocycles. The fourth-order valence-corrected chi connectivity index (χ4v) is 3.06. The molecule has 0 atom stereocenters. The Balaban J connectivity index is 1.66. The zero-order valence-corrected chi connectivity index (χ0v) is 14.3. The van der Waals surface area contributed by atoms with Crippen LogP contribution >= 0.6 is 11.3 Å². The van der Waals surface area contributed by atoms with Crippen LogP contribution in [0.25, 0.3) is 11.3 Å². The topological polar surface area (TPSA) is 54.9 Å². The molecule has 2 heterocycles. The molecule has 0 aliphatic rings. The van der Waals surface area contributed by atoms with Gasteiger partial charge in [0.25, 0.3) is 0 Å². The maximum atomic E-state index is 12.7. The maximum absolute atomic E-state index is 12.7. The minimum absolute atomic E-state index is 0.141. The molecule has 0 radical (unpaired) electrons. The Morgan fingerprint density at radius 2 is 1.96 bits per heavy atom. The van der Waals surface area contributed by atoms with Gasteiger partial charge in [0.1, 0.15) is 0 Å². The van der Waals surface area contributed by atoms with E-state index >= 15 is 0 Å². The molecule has 0 unspecified atom stereocenters. The van der Waals surface area contributed by atoms with E-state index in [0.717, 1.165) is 17.7 Å². The molecule has 1 amide bonds. The van der Waals surface area contributed by atoms with Crippen molar-refractivity contribution in [2.45, 2.75) is 19.1 Å². The second kappa shape index (κ2) is 7.65. The number of nitrogens with one attached hydrogen (secondary N) is 1. The van der Waals surface area contributed by atoms with Crippen molar-refractivity contribution >= 4 is 17.2 Å². The Hall–Kier alpha value is -2.74. The average molecular weight is 377 g/mol. The molecule has 0 saturated carbocycles. The van der Waals surface area contributed by atoms with Gasteiger partial charge in [0.2, 0.25) is 5.91 Å². The van der Waals surface area contributed by atoms with Crippen molar-refractivity contribution in [2.24, 2.45) is 0 Å². The molecule has 4 nitrogen and oxygen atoms in total. The molecule has 134 valence electrons. The summed E-state index contributed by atoms with van der Waals surface area (Å²) in [5.74, 6) is -0.383. The lowest BCUT2D eigenvalue weighted by Crippen LogP contribution is -2.25. The first kappa shape index (κ1) is 18.1. The fraction of sp³-hybridized carbons (Fsp3) is 0.167. The monoisotopic (exact) mass is 377 g/mol. The summed E-state index contributed by atoms with van der Waals surface area (Å²) in [5.41, 5.74) is 1.72. The molecule has 0 fully saturated rings. The van der Waals surface area contributed by atoms with Gasteiger partial charge >= 0.3 is 6.18 Å². The number of hydrogen-bond donors (Lipinski definition) is 1. The van der Waals surface area contributed by atoms with Crippen LogP contribution in [0.2, 0.25) is 0 Å². The second-order valence-corrected chi connectivity index (χ2v) is 6.30. The molecule has 3 aromatic rings.